The van der Waals surface area contributed by atoms with E-state index in [-0.39, 0.29) is 25.4 Å². The molecule has 1 aliphatic heterocycles. The largest absolute Gasteiger partial charge is 0.337 e. The third-order valence-corrected chi connectivity index (χ3v) is 4.77. The Kier molecular flexibility index (Phi) is 3.36. The van der Waals surface area contributed by atoms with Gasteiger partial charge in [0.2, 0.25) is 5.91 Å². The van der Waals surface area contributed by atoms with Crippen LogP contribution in [0.15, 0.2) is 36.5 Å². The fraction of sp³-hybridized carbons (Fsp3) is 0.286. The van der Waals surface area contributed by atoms with E-state index in [4.69, 9.17) is 0 Å². The van der Waals surface area contributed by atoms with Crippen LogP contribution in [0, 0.1) is 0 Å². The van der Waals surface area contributed by atoms with Gasteiger partial charge in [-0.3, -0.25) is 9.78 Å². The van der Waals surface area contributed by atoms with E-state index < -0.39 is 15.5 Å². The molecule has 0 aliphatic carbocycles. The number of para-hydroxylation sites is 1. The van der Waals surface area contributed by atoms with Gasteiger partial charge < -0.3 is 4.90 Å². The van der Waals surface area contributed by atoms with Gasteiger partial charge in [0, 0.05) is 31.1 Å². The van der Waals surface area contributed by atoms with Crippen molar-refractivity contribution in [2.24, 2.45) is 0 Å². The molecule has 0 bridgehead atoms. The van der Waals surface area contributed by atoms with Crippen molar-refractivity contribution in [2.45, 2.75) is 18.2 Å². The van der Waals surface area contributed by atoms with Crippen molar-refractivity contribution in [1.29, 1.82) is 0 Å². The predicted molar refractivity (Wildman–Crippen MR) is 75.6 cm³/mol. The van der Waals surface area contributed by atoms with Gasteiger partial charge in [-0.2, -0.15) is 8.42 Å². The predicted octanol–water partition coefficient (Wildman–Crippen LogP) is 1.64. The summed E-state index contributed by atoms with van der Waals surface area (Å²) >= 11 is 0. The van der Waals surface area contributed by atoms with Crippen LogP contribution in [0.3, 0.4) is 0 Å². The van der Waals surface area contributed by atoms with Gasteiger partial charge in [-0.15, -0.1) is 3.89 Å². The summed E-state index contributed by atoms with van der Waals surface area (Å²) in [5, 5.41) is -0.316. The molecule has 0 saturated carbocycles. The number of benzene rings is 1. The van der Waals surface area contributed by atoms with Gasteiger partial charge in [-0.25, -0.2) is 0 Å². The minimum atomic E-state index is -4.68. The maximum Gasteiger partial charge on any atom is 0.307 e. The second-order valence-electron chi connectivity index (χ2n) is 5.07. The summed E-state index contributed by atoms with van der Waals surface area (Å²) in [5.41, 5.74) is 1.58. The van der Waals surface area contributed by atoms with E-state index in [9.17, 15) is 17.1 Å². The second kappa shape index (κ2) is 5.07. The first-order valence-electron chi connectivity index (χ1n) is 6.49. The number of rotatable bonds is 3. The van der Waals surface area contributed by atoms with Gasteiger partial charge in [-0.1, -0.05) is 24.3 Å². The molecule has 0 spiro atoms. The first-order chi connectivity index (χ1) is 9.95. The highest BCUT2D eigenvalue weighted by molar-refractivity contribution is 7.87. The van der Waals surface area contributed by atoms with Crippen molar-refractivity contribution >= 4 is 27.0 Å². The zero-order chi connectivity index (χ0) is 15.0. The van der Waals surface area contributed by atoms with E-state index >= 15 is 0 Å². The summed E-state index contributed by atoms with van der Waals surface area (Å²) in [7, 11) is -4.68. The summed E-state index contributed by atoms with van der Waals surface area (Å²) < 4.78 is 34.9. The molecule has 2 heterocycles. The Bertz CT molecular complexity index is 801. The zero-order valence-corrected chi connectivity index (χ0v) is 11.9. The van der Waals surface area contributed by atoms with Gasteiger partial charge in [0.1, 0.15) is 5.25 Å². The molecule has 2 aromatic rings. The van der Waals surface area contributed by atoms with E-state index in [1.54, 1.807) is 6.20 Å². The SMILES string of the molecule is O=C1CC(S(=O)(=O)F)CN1Cc1cccc2cccnc12. The number of likely N-dealkylation sites (tertiary alicyclic amines) is 1. The molecule has 1 saturated heterocycles. The second-order valence-corrected chi connectivity index (χ2v) is 6.69. The molecule has 1 unspecified atom stereocenters. The highest BCUT2D eigenvalue weighted by Crippen LogP contribution is 2.24. The average Bonchev–Trinajstić information content (AvgIpc) is 2.81. The molecule has 0 radical (unpaired) electrons. The summed E-state index contributed by atoms with van der Waals surface area (Å²) in [4.78, 5) is 17.5. The van der Waals surface area contributed by atoms with E-state index in [1.807, 2.05) is 30.3 Å². The number of amides is 1. The maximum absolute atomic E-state index is 13.0. The number of fused-ring (bicyclic) bond motifs is 1. The lowest BCUT2D eigenvalue weighted by Crippen LogP contribution is -2.27. The van der Waals surface area contributed by atoms with Crippen LogP contribution in [0.2, 0.25) is 0 Å². The number of pyridine rings is 1. The smallest absolute Gasteiger partial charge is 0.307 e. The molecule has 21 heavy (non-hydrogen) atoms. The number of aromatic nitrogens is 1. The van der Waals surface area contributed by atoms with Crippen molar-refractivity contribution < 1.29 is 17.1 Å². The third-order valence-electron chi connectivity index (χ3n) is 3.65. The van der Waals surface area contributed by atoms with Crippen molar-refractivity contribution in [3.63, 3.8) is 0 Å². The lowest BCUT2D eigenvalue weighted by Gasteiger charge is -2.16. The van der Waals surface area contributed by atoms with Crippen LogP contribution in [0.4, 0.5) is 3.89 Å². The van der Waals surface area contributed by atoms with Crippen molar-refractivity contribution in [3.05, 3.63) is 42.1 Å². The number of halogens is 1. The molecule has 1 fully saturated rings. The molecule has 5 nitrogen and oxygen atoms in total. The number of nitrogens with zero attached hydrogens (tertiary/aromatic N) is 2. The van der Waals surface area contributed by atoms with E-state index in [1.165, 1.54) is 4.90 Å². The van der Waals surface area contributed by atoms with Crippen LogP contribution in [-0.4, -0.2) is 36.0 Å². The Morgan fingerprint density at radius 2 is 2.05 bits per heavy atom. The molecule has 1 atom stereocenters. The maximum atomic E-state index is 13.0. The van der Waals surface area contributed by atoms with Crippen LogP contribution in [0.25, 0.3) is 10.9 Å². The highest BCUT2D eigenvalue weighted by atomic mass is 32.3. The first-order valence-corrected chi connectivity index (χ1v) is 7.93. The van der Waals surface area contributed by atoms with Gasteiger partial charge in [-0.05, 0) is 11.6 Å². The number of hydrogen-bond donors (Lipinski definition) is 0. The molecule has 1 aliphatic rings. The Labute approximate surface area is 121 Å². The standard InChI is InChI=1S/C14H13FN2O3S/c15-21(19,20)12-7-13(18)17(9-12)8-11-4-1-3-10-5-2-6-16-14(10)11/h1-6,12H,7-9H2. The average molecular weight is 308 g/mol. The van der Waals surface area contributed by atoms with Gasteiger partial charge in [0.05, 0.1) is 5.52 Å². The summed E-state index contributed by atoms with van der Waals surface area (Å²) in [6, 6.07) is 9.32. The van der Waals surface area contributed by atoms with Crippen LogP contribution < -0.4 is 0 Å². The highest BCUT2D eigenvalue weighted by Gasteiger charge is 2.38. The quantitative estimate of drug-likeness (QED) is 0.808. The molecule has 1 aromatic heterocycles. The van der Waals surface area contributed by atoms with E-state index in [2.05, 4.69) is 4.98 Å². The van der Waals surface area contributed by atoms with Crippen molar-refractivity contribution in [3.8, 4) is 0 Å². The van der Waals surface area contributed by atoms with Gasteiger partial charge >= 0.3 is 10.2 Å². The summed E-state index contributed by atoms with van der Waals surface area (Å²) in [5.74, 6) is -0.353. The third kappa shape index (κ3) is 2.73. The summed E-state index contributed by atoms with van der Waals surface area (Å²) in [6.45, 7) is 0.125. The van der Waals surface area contributed by atoms with Gasteiger partial charge in [0.15, 0.2) is 0 Å². The molecule has 3 rings (SSSR count). The molecule has 1 aromatic carbocycles. The Morgan fingerprint density at radius 3 is 2.76 bits per heavy atom. The van der Waals surface area contributed by atoms with Crippen LogP contribution in [0.1, 0.15) is 12.0 Å². The fourth-order valence-corrected chi connectivity index (χ4v) is 3.28. The van der Waals surface area contributed by atoms with E-state index in [0.717, 1.165) is 16.5 Å². The lowest BCUT2D eigenvalue weighted by molar-refractivity contribution is -0.128. The number of carbonyl (C=O) groups excluding carboxylic acids is 1. The van der Waals surface area contributed by atoms with E-state index in [0.29, 0.717) is 0 Å². The van der Waals surface area contributed by atoms with Crippen LogP contribution in [0.5, 0.6) is 0 Å². The lowest BCUT2D eigenvalue weighted by atomic mass is 10.1. The number of hydrogen-bond acceptors (Lipinski definition) is 4. The van der Waals surface area contributed by atoms with Crippen LogP contribution in [-0.2, 0) is 21.6 Å². The minimum Gasteiger partial charge on any atom is -0.337 e. The number of carbonyl (C=O) groups is 1. The molecular weight excluding hydrogens is 295 g/mol. The molecule has 1 amide bonds. The monoisotopic (exact) mass is 308 g/mol. The first kappa shape index (κ1) is 13.9. The van der Waals surface area contributed by atoms with Gasteiger partial charge in [0.25, 0.3) is 0 Å². The summed E-state index contributed by atoms with van der Waals surface area (Å²) in [6.07, 6.45) is 1.36. The van der Waals surface area contributed by atoms with Crippen LogP contribution >= 0.6 is 0 Å². The molecule has 7 heteroatoms. The minimum absolute atomic E-state index is 0.110. The zero-order valence-electron chi connectivity index (χ0n) is 11.1. The Balaban J connectivity index is 1.88. The Hall–Kier alpha value is -2.02. The van der Waals surface area contributed by atoms with Crippen molar-refractivity contribution in [2.75, 3.05) is 6.54 Å². The van der Waals surface area contributed by atoms with Crippen molar-refractivity contribution in [1.82, 2.24) is 9.88 Å². The fourth-order valence-electron chi connectivity index (χ4n) is 2.58. The molecule has 0 N–H and O–H groups in total. The molecular formula is C14H13FN2O3S. The molecule has 110 valence electrons. The Morgan fingerprint density at radius 1 is 1.29 bits per heavy atom. The topological polar surface area (TPSA) is 67.3 Å². The normalized spacial score (nSPS) is 19.4.